The van der Waals surface area contributed by atoms with Crippen molar-refractivity contribution in [3.05, 3.63) is 30.0 Å². The molecule has 10 nitrogen and oxygen atoms in total. The number of amides is 2. The van der Waals surface area contributed by atoms with Crippen LogP contribution in [-0.2, 0) is 14.3 Å². The number of benzene rings is 1. The number of rotatable bonds is 6. The minimum absolute atomic E-state index is 0.0377. The zero-order valence-electron chi connectivity index (χ0n) is 20.2. The summed E-state index contributed by atoms with van der Waals surface area (Å²) in [7, 11) is 1.64. The highest BCUT2D eigenvalue weighted by Gasteiger charge is 2.33. The van der Waals surface area contributed by atoms with Gasteiger partial charge in [-0.15, -0.1) is 0 Å². The molecular weight excluding hydrogens is 448 g/mol. The molecule has 10 heteroatoms. The molecule has 0 aliphatic carbocycles. The summed E-state index contributed by atoms with van der Waals surface area (Å²) in [6.45, 7) is 3.63. The van der Waals surface area contributed by atoms with Gasteiger partial charge in [-0.2, -0.15) is 5.26 Å². The Morgan fingerprint density at radius 3 is 2.91 bits per heavy atom. The molecule has 2 N–H and O–H groups in total. The number of fused-ring (bicyclic) bond motifs is 1. The predicted molar refractivity (Wildman–Crippen MR) is 132 cm³/mol. The molecule has 2 amide bonds. The number of hydrogen-bond donors (Lipinski definition) is 2. The normalized spacial score (nSPS) is 21.2. The van der Waals surface area contributed by atoms with Crippen molar-refractivity contribution >= 4 is 34.4 Å². The van der Waals surface area contributed by atoms with Crippen LogP contribution < -0.4 is 10.6 Å². The van der Waals surface area contributed by atoms with E-state index in [2.05, 4.69) is 15.6 Å². The Morgan fingerprint density at radius 2 is 2.11 bits per heavy atom. The number of guanidine groups is 1. The van der Waals surface area contributed by atoms with Crippen LogP contribution >= 0.6 is 0 Å². The van der Waals surface area contributed by atoms with Gasteiger partial charge in [0.2, 0.25) is 17.8 Å². The second-order valence-corrected chi connectivity index (χ2v) is 9.06. The number of nitrogens with one attached hydrogen (secondary N) is 2. The van der Waals surface area contributed by atoms with Gasteiger partial charge in [0.05, 0.1) is 19.2 Å². The molecule has 0 unspecified atom stereocenters. The summed E-state index contributed by atoms with van der Waals surface area (Å²) in [6.07, 6.45) is 5.91. The number of aryl methyl sites for hydroxylation is 1. The van der Waals surface area contributed by atoms with Gasteiger partial charge in [-0.3, -0.25) is 14.9 Å². The number of nitrogens with zero attached hydrogens (tertiary/aromatic N) is 4. The third kappa shape index (κ3) is 5.92. The Kier molecular flexibility index (Phi) is 7.87. The molecule has 186 valence electrons. The molecule has 2 aromatic rings. The third-order valence-corrected chi connectivity index (χ3v) is 6.50. The first kappa shape index (κ1) is 24.5. The highest BCUT2D eigenvalue weighted by atomic mass is 16.5. The largest absolute Gasteiger partial charge is 0.461 e. The molecule has 2 atom stereocenters. The lowest BCUT2D eigenvalue weighted by molar-refractivity contribution is -0.141. The van der Waals surface area contributed by atoms with Gasteiger partial charge >= 0.3 is 0 Å². The summed E-state index contributed by atoms with van der Waals surface area (Å²) in [5.74, 6) is 0.749. The lowest BCUT2D eigenvalue weighted by Gasteiger charge is -2.28. The van der Waals surface area contributed by atoms with Gasteiger partial charge in [-0.05, 0) is 63.3 Å². The first-order valence-corrected chi connectivity index (χ1v) is 12.1. The van der Waals surface area contributed by atoms with E-state index in [9.17, 15) is 14.9 Å². The molecule has 2 saturated heterocycles. The number of ether oxygens (including phenoxy) is 1. The van der Waals surface area contributed by atoms with Gasteiger partial charge < -0.3 is 24.3 Å². The van der Waals surface area contributed by atoms with Crippen LogP contribution in [0.2, 0.25) is 0 Å². The van der Waals surface area contributed by atoms with E-state index >= 15 is 0 Å². The highest BCUT2D eigenvalue weighted by Crippen LogP contribution is 2.23. The zero-order chi connectivity index (χ0) is 24.8. The van der Waals surface area contributed by atoms with Crippen LogP contribution in [0.4, 0.5) is 5.69 Å². The molecular formula is C25H32N6O4. The van der Waals surface area contributed by atoms with Crippen molar-refractivity contribution in [2.75, 3.05) is 38.7 Å². The van der Waals surface area contributed by atoms with Gasteiger partial charge in [0.1, 0.15) is 17.4 Å². The Balaban J connectivity index is 1.47. The van der Waals surface area contributed by atoms with Crippen molar-refractivity contribution in [1.29, 1.82) is 5.26 Å². The molecule has 35 heavy (non-hydrogen) atoms. The lowest BCUT2D eigenvalue weighted by Crippen LogP contribution is -2.47. The van der Waals surface area contributed by atoms with Gasteiger partial charge in [0.15, 0.2) is 6.19 Å². The van der Waals surface area contributed by atoms with E-state index in [-0.39, 0.29) is 30.4 Å². The quantitative estimate of drug-likeness (QED) is 0.282. The number of carbonyl (C=O) groups excluding carboxylic acids is 2. The number of methoxy groups -OCH3 is 1. The molecule has 0 saturated carbocycles. The van der Waals surface area contributed by atoms with E-state index in [0.717, 1.165) is 42.4 Å². The number of likely N-dealkylation sites (tertiary alicyclic amines) is 2. The predicted octanol–water partition coefficient (Wildman–Crippen LogP) is 2.60. The fourth-order valence-corrected chi connectivity index (χ4v) is 4.84. The van der Waals surface area contributed by atoms with Crippen LogP contribution in [0.15, 0.2) is 33.7 Å². The van der Waals surface area contributed by atoms with Crippen LogP contribution in [0.1, 0.15) is 37.9 Å². The molecule has 2 aliphatic rings. The standard InChI is InChI=1S/C25H32N6O4/c1-17-12-18-13-19(8-9-22(18)35-17)28-25(27-16-26)29-21-7-3-4-10-30(24(21)33)14-23(32)31-11-5-6-20(31)15-34-2/h8-9,12-13,20-21H,3-7,10-11,14-15H2,1-2H3,(H2,27,28,29)/t20-,21-/m0/s1. The fourth-order valence-electron chi connectivity index (χ4n) is 4.84. The molecule has 0 radical (unpaired) electrons. The van der Waals surface area contributed by atoms with Crippen molar-refractivity contribution in [3.8, 4) is 6.19 Å². The van der Waals surface area contributed by atoms with Crippen LogP contribution in [-0.4, -0.2) is 73.0 Å². The first-order valence-electron chi connectivity index (χ1n) is 12.1. The average molecular weight is 481 g/mol. The second kappa shape index (κ2) is 11.2. The Bertz CT molecular complexity index is 1140. The van der Waals surface area contributed by atoms with E-state index in [4.69, 9.17) is 9.15 Å². The molecule has 2 aliphatic heterocycles. The smallest absolute Gasteiger partial charge is 0.247 e. The summed E-state index contributed by atoms with van der Waals surface area (Å²) >= 11 is 0. The summed E-state index contributed by atoms with van der Waals surface area (Å²) in [4.78, 5) is 34.3. The van der Waals surface area contributed by atoms with E-state index in [1.807, 2.05) is 42.3 Å². The lowest BCUT2D eigenvalue weighted by atomic mass is 10.1. The van der Waals surface area contributed by atoms with Crippen LogP contribution in [0.25, 0.3) is 11.0 Å². The maximum atomic E-state index is 13.3. The maximum Gasteiger partial charge on any atom is 0.247 e. The average Bonchev–Trinajstić information content (AvgIpc) is 3.40. The van der Waals surface area contributed by atoms with Gasteiger partial charge in [0.25, 0.3) is 0 Å². The van der Waals surface area contributed by atoms with Crippen LogP contribution in [0, 0.1) is 18.4 Å². The number of furan rings is 1. The van der Waals surface area contributed by atoms with E-state index in [1.165, 1.54) is 0 Å². The summed E-state index contributed by atoms with van der Waals surface area (Å²) in [5, 5.41) is 15.8. The molecule has 0 bridgehead atoms. The number of anilines is 1. The molecule has 1 aromatic carbocycles. The topological polar surface area (TPSA) is 123 Å². The third-order valence-electron chi connectivity index (χ3n) is 6.50. The molecule has 1 aromatic heterocycles. The second-order valence-electron chi connectivity index (χ2n) is 9.06. The van der Waals surface area contributed by atoms with Gasteiger partial charge in [0, 0.05) is 31.3 Å². The number of carbonyl (C=O) groups is 2. The fraction of sp³-hybridized carbons (Fsp3) is 0.520. The Morgan fingerprint density at radius 1 is 1.26 bits per heavy atom. The van der Waals surface area contributed by atoms with Crippen molar-refractivity contribution in [3.63, 3.8) is 0 Å². The van der Waals surface area contributed by atoms with Gasteiger partial charge in [-0.1, -0.05) is 0 Å². The number of aliphatic imine (C=N–C) groups is 1. The summed E-state index contributed by atoms with van der Waals surface area (Å²) in [5.41, 5.74) is 1.48. The maximum absolute atomic E-state index is 13.3. The van der Waals surface area contributed by atoms with E-state index in [0.29, 0.717) is 31.8 Å². The molecule has 2 fully saturated rings. The number of hydrogen-bond acceptors (Lipinski definition) is 6. The highest BCUT2D eigenvalue weighted by molar-refractivity contribution is 5.98. The summed E-state index contributed by atoms with van der Waals surface area (Å²) < 4.78 is 10.9. The minimum atomic E-state index is -0.679. The van der Waals surface area contributed by atoms with Crippen molar-refractivity contribution in [2.24, 2.45) is 4.99 Å². The van der Waals surface area contributed by atoms with Crippen LogP contribution in [0.3, 0.4) is 0 Å². The Hall–Kier alpha value is -3.58. The van der Waals surface area contributed by atoms with Crippen molar-refractivity contribution in [2.45, 2.75) is 51.1 Å². The van der Waals surface area contributed by atoms with Gasteiger partial charge in [-0.25, -0.2) is 4.99 Å². The van der Waals surface area contributed by atoms with Crippen LogP contribution in [0.5, 0.6) is 0 Å². The Labute approximate surface area is 204 Å². The zero-order valence-corrected chi connectivity index (χ0v) is 20.2. The van der Waals surface area contributed by atoms with E-state index < -0.39 is 6.04 Å². The monoisotopic (exact) mass is 480 g/mol. The molecule has 4 rings (SSSR count). The molecule has 3 heterocycles. The number of nitriles is 1. The first-order chi connectivity index (χ1) is 17.0. The SMILES string of the molecule is COC[C@@H]1CCCN1C(=O)CN1CCCC[C@H](N=C(NC#N)Nc2ccc3oc(C)cc3c2)C1=O. The summed E-state index contributed by atoms with van der Waals surface area (Å²) in [6, 6.07) is 6.88. The van der Waals surface area contributed by atoms with E-state index in [1.54, 1.807) is 12.0 Å². The minimum Gasteiger partial charge on any atom is -0.461 e. The van der Waals surface area contributed by atoms with Crippen molar-refractivity contribution in [1.82, 2.24) is 15.1 Å². The van der Waals surface area contributed by atoms with Crippen molar-refractivity contribution < 1.29 is 18.7 Å². The molecule has 0 spiro atoms.